The molecule has 1 fully saturated rings. The highest BCUT2D eigenvalue weighted by Gasteiger charge is 2.26. The van der Waals surface area contributed by atoms with Crippen molar-refractivity contribution in [3.63, 3.8) is 0 Å². The van der Waals surface area contributed by atoms with Gasteiger partial charge < -0.3 is 19.7 Å². The molecule has 1 aliphatic heterocycles. The molecule has 0 aliphatic carbocycles. The van der Waals surface area contributed by atoms with Gasteiger partial charge in [-0.05, 0) is 6.42 Å². The van der Waals surface area contributed by atoms with Crippen LogP contribution in [0.2, 0.25) is 0 Å². The van der Waals surface area contributed by atoms with Crippen LogP contribution in [-0.4, -0.2) is 64.5 Å². The lowest BCUT2D eigenvalue weighted by Crippen LogP contribution is -2.39. The summed E-state index contributed by atoms with van der Waals surface area (Å²) in [6.07, 6.45) is 6.21. The van der Waals surface area contributed by atoms with Gasteiger partial charge in [0.1, 0.15) is 6.54 Å². The minimum absolute atomic E-state index is 0.0754. The predicted molar refractivity (Wildman–Crippen MR) is 69.5 cm³/mol. The smallest absolute Gasteiger partial charge is 0.320 e. The summed E-state index contributed by atoms with van der Waals surface area (Å²) in [5.74, 6) is -0.103. The highest BCUT2D eigenvalue weighted by molar-refractivity contribution is 5.84. The number of nitrogens with zero attached hydrogens (tertiary/aromatic N) is 4. The maximum atomic E-state index is 11.7. The van der Waals surface area contributed by atoms with Gasteiger partial charge in [-0.3, -0.25) is 4.79 Å². The summed E-state index contributed by atoms with van der Waals surface area (Å²) in [5.41, 5.74) is 0. The number of rotatable bonds is 6. The van der Waals surface area contributed by atoms with Gasteiger partial charge in [0.05, 0.1) is 6.33 Å². The second kappa shape index (κ2) is 6.21. The zero-order valence-electron chi connectivity index (χ0n) is 11.1. The Morgan fingerprint density at radius 3 is 2.95 bits per heavy atom. The number of aromatic nitrogens is 2. The summed E-state index contributed by atoms with van der Waals surface area (Å²) in [5, 5.41) is 2.82. The van der Waals surface area contributed by atoms with E-state index < -0.39 is 0 Å². The van der Waals surface area contributed by atoms with Crippen LogP contribution in [-0.2, 0) is 11.3 Å². The summed E-state index contributed by atoms with van der Waals surface area (Å²) in [6.45, 7) is 2.89. The normalized spacial score (nSPS) is 15.1. The Balaban J connectivity index is 1.61. The molecule has 0 saturated carbocycles. The van der Waals surface area contributed by atoms with E-state index in [4.69, 9.17) is 0 Å². The monoisotopic (exact) mass is 265 g/mol. The van der Waals surface area contributed by atoms with E-state index in [1.165, 1.54) is 0 Å². The molecule has 2 rings (SSSR count). The number of hydrogen-bond acceptors (Lipinski definition) is 3. The van der Waals surface area contributed by atoms with Gasteiger partial charge in [0.15, 0.2) is 0 Å². The van der Waals surface area contributed by atoms with Gasteiger partial charge in [-0.2, -0.15) is 0 Å². The Morgan fingerprint density at radius 1 is 1.47 bits per heavy atom. The molecule has 1 aromatic rings. The molecule has 19 heavy (non-hydrogen) atoms. The van der Waals surface area contributed by atoms with Crippen LogP contribution < -0.4 is 5.32 Å². The van der Waals surface area contributed by atoms with Crippen LogP contribution in [0.15, 0.2) is 18.7 Å². The lowest BCUT2D eigenvalue weighted by atomic mass is 10.4. The Hall–Kier alpha value is -2.05. The summed E-state index contributed by atoms with van der Waals surface area (Å²) in [4.78, 5) is 30.4. The van der Waals surface area contributed by atoms with Crippen molar-refractivity contribution in [1.29, 1.82) is 0 Å². The lowest BCUT2D eigenvalue weighted by Gasteiger charge is -2.15. The van der Waals surface area contributed by atoms with Crippen LogP contribution >= 0.6 is 0 Å². The van der Waals surface area contributed by atoms with Crippen LogP contribution in [0.3, 0.4) is 0 Å². The first-order valence-electron chi connectivity index (χ1n) is 6.39. The van der Waals surface area contributed by atoms with Gasteiger partial charge in [0, 0.05) is 45.6 Å². The van der Waals surface area contributed by atoms with Crippen LogP contribution in [0.1, 0.15) is 6.42 Å². The average Bonchev–Trinajstić information content (AvgIpc) is 3.00. The third-order valence-electron chi connectivity index (χ3n) is 3.11. The number of carbonyl (C=O) groups is 2. The molecule has 1 aliphatic rings. The fourth-order valence-corrected chi connectivity index (χ4v) is 1.99. The van der Waals surface area contributed by atoms with Gasteiger partial charge in [-0.1, -0.05) is 0 Å². The molecule has 0 bridgehead atoms. The molecule has 1 N–H and O–H groups in total. The van der Waals surface area contributed by atoms with Crippen molar-refractivity contribution < 1.29 is 9.59 Å². The number of nitrogens with one attached hydrogen (secondary N) is 1. The van der Waals surface area contributed by atoms with Crippen molar-refractivity contribution in [3.8, 4) is 0 Å². The molecular formula is C12H19N5O2. The third-order valence-corrected chi connectivity index (χ3v) is 3.11. The first-order valence-corrected chi connectivity index (χ1v) is 6.39. The second-order valence-electron chi connectivity index (χ2n) is 4.63. The van der Waals surface area contributed by atoms with Crippen molar-refractivity contribution in [2.75, 3.05) is 33.2 Å². The van der Waals surface area contributed by atoms with Crippen LogP contribution in [0.4, 0.5) is 4.79 Å². The Labute approximate surface area is 112 Å². The molecule has 0 spiro atoms. The zero-order valence-corrected chi connectivity index (χ0v) is 11.1. The maximum Gasteiger partial charge on any atom is 0.320 e. The summed E-state index contributed by atoms with van der Waals surface area (Å²) in [7, 11) is 1.74. The van der Waals surface area contributed by atoms with E-state index in [9.17, 15) is 9.59 Å². The predicted octanol–water partition coefficient (Wildman–Crippen LogP) is -0.243. The highest BCUT2D eigenvalue weighted by Crippen LogP contribution is 2.04. The standard InChI is InChI=1S/C12H19N5O2/c1-15-7-8-17(12(15)19)9-11(18)14-3-2-5-16-6-4-13-10-16/h4,6,10H,2-3,5,7-9H2,1H3,(H,14,18). The number of urea groups is 1. The molecule has 7 nitrogen and oxygen atoms in total. The zero-order chi connectivity index (χ0) is 13.7. The average molecular weight is 265 g/mol. The van der Waals surface area contributed by atoms with Crippen molar-refractivity contribution in [3.05, 3.63) is 18.7 Å². The minimum atomic E-state index is -0.103. The Bertz CT molecular complexity index is 431. The third kappa shape index (κ3) is 3.70. The van der Waals surface area contributed by atoms with Crippen LogP contribution in [0.25, 0.3) is 0 Å². The number of hydrogen-bond donors (Lipinski definition) is 1. The maximum absolute atomic E-state index is 11.7. The molecule has 0 atom stereocenters. The number of carbonyl (C=O) groups excluding carboxylic acids is 2. The highest BCUT2D eigenvalue weighted by atomic mass is 16.2. The molecule has 3 amide bonds. The number of aryl methyl sites for hydroxylation is 1. The van der Waals surface area contributed by atoms with Crippen molar-refractivity contribution in [2.24, 2.45) is 0 Å². The van der Waals surface area contributed by atoms with Crippen LogP contribution in [0.5, 0.6) is 0 Å². The van der Waals surface area contributed by atoms with Gasteiger partial charge >= 0.3 is 6.03 Å². The summed E-state index contributed by atoms with van der Waals surface area (Å²) >= 11 is 0. The van der Waals surface area contributed by atoms with E-state index in [0.29, 0.717) is 19.6 Å². The molecule has 1 saturated heterocycles. The van der Waals surface area contributed by atoms with Crippen LogP contribution in [0, 0.1) is 0 Å². The van der Waals surface area contributed by atoms with Gasteiger partial charge in [0.25, 0.3) is 0 Å². The Morgan fingerprint density at radius 2 is 2.32 bits per heavy atom. The van der Waals surface area contributed by atoms with E-state index >= 15 is 0 Å². The molecule has 1 aromatic heterocycles. The van der Waals surface area contributed by atoms with E-state index in [2.05, 4.69) is 10.3 Å². The minimum Gasteiger partial charge on any atom is -0.354 e. The van der Waals surface area contributed by atoms with Gasteiger partial charge in [0.2, 0.25) is 5.91 Å². The first kappa shape index (κ1) is 13.4. The van der Waals surface area contributed by atoms with E-state index in [-0.39, 0.29) is 18.5 Å². The molecule has 104 valence electrons. The van der Waals surface area contributed by atoms with Crippen molar-refractivity contribution in [1.82, 2.24) is 24.7 Å². The fourth-order valence-electron chi connectivity index (χ4n) is 1.99. The molecule has 0 aromatic carbocycles. The molecule has 7 heteroatoms. The summed E-state index contributed by atoms with van der Waals surface area (Å²) < 4.78 is 1.96. The SMILES string of the molecule is CN1CCN(CC(=O)NCCCn2ccnc2)C1=O. The number of likely N-dealkylation sites (N-methyl/N-ethyl adjacent to an activating group) is 1. The quantitative estimate of drug-likeness (QED) is 0.721. The largest absolute Gasteiger partial charge is 0.354 e. The van der Waals surface area contributed by atoms with E-state index in [0.717, 1.165) is 13.0 Å². The Kier molecular flexibility index (Phi) is 4.38. The summed E-state index contributed by atoms with van der Waals surface area (Å²) in [6, 6.07) is -0.0754. The second-order valence-corrected chi connectivity index (χ2v) is 4.63. The van der Waals surface area contributed by atoms with Crippen molar-refractivity contribution >= 4 is 11.9 Å². The number of imidazole rings is 1. The van der Waals surface area contributed by atoms with E-state index in [1.807, 2.05) is 10.8 Å². The number of amides is 3. The van der Waals surface area contributed by atoms with Gasteiger partial charge in [-0.15, -0.1) is 0 Å². The van der Waals surface area contributed by atoms with E-state index in [1.54, 1.807) is 29.4 Å². The molecular weight excluding hydrogens is 246 g/mol. The lowest BCUT2D eigenvalue weighted by molar-refractivity contribution is -0.121. The molecule has 2 heterocycles. The fraction of sp³-hybridized carbons (Fsp3) is 0.583. The topological polar surface area (TPSA) is 70.5 Å². The van der Waals surface area contributed by atoms with Crippen molar-refractivity contribution in [2.45, 2.75) is 13.0 Å². The molecule has 0 radical (unpaired) electrons. The first-order chi connectivity index (χ1) is 9.16. The molecule has 0 unspecified atom stereocenters. The van der Waals surface area contributed by atoms with Gasteiger partial charge in [-0.25, -0.2) is 9.78 Å².